The van der Waals surface area contributed by atoms with Crippen LogP contribution in [0.4, 0.5) is 0 Å². The van der Waals surface area contributed by atoms with Crippen molar-refractivity contribution >= 4 is 10.8 Å². The summed E-state index contributed by atoms with van der Waals surface area (Å²) in [5.41, 5.74) is 1.03. The Bertz CT molecular complexity index is 409. The Labute approximate surface area is 111 Å². The number of hydrogen-bond donors (Lipinski definition) is 2. The first-order chi connectivity index (χ1) is 8.52. The lowest BCUT2D eigenvalue weighted by Crippen LogP contribution is -2.30. The van der Waals surface area contributed by atoms with Crippen LogP contribution >= 0.6 is 0 Å². The zero-order valence-corrected chi connectivity index (χ0v) is 11.9. The van der Waals surface area contributed by atoms with Crippen LogP contribution in [0.25, 0.3) is 0 Å². The summed E-state index contributed by atoms with van der Waals surface area (Å²) in [7, 11) is -0.792. The minimum Gasteiger partial charge on any atom is -0.504 e. The van der Waals surface area contributed by atoms with Gasteiger partial charge in [-0.25, -0.2) is 0 Å². The lowest BCUT2D eigenvalue weighted by atomic mass is 10.2. The lowest BCUT2D eigenvalue weighted by Gasteiger charge is -2.13. The summed E-state index contributed by atoms with van der Waals surface area (Å²) >= 11 is 0. The molecule has 0 heterocycles. The molecule has 0 aromatic heterocycles. The molecule has 0 radical (unpaired) electrons. The molecule has 0 amide bonds. The second kappa shape index (κ2) is 7.38. The molecule has 18 heavy (non-hydrogen) atoms. The standard InChI is InChI=1S/C13H21NO3S/c1-4-17-13-7-11(5-6-12(13)15)8-14-10(2)9-18(3)16/h5-7,10,14-15H,4,8-9H2,1-3H3. The smallest absolute Gasteiger partial charge is 0.161 e. The predicted octanol–water partition coefficient (Wildman–Crippen LogP) is 1.65. The first-order valence-corrected chi connectivity index (χ1v) is 7.73. The van der Waals surface area contributed by atoms with E-state index in [1.165, 1.54) is 0 Å². The molecule has 4 nitrogen and oxygen atoms in total. The molecule has 102 valence electrons. The molecule has 0 aliphatic carbocycles. The molecule has 1 aromatic carbocycles. The second-order valence-electron chi connectivity index (χ2n) is 4.26. The van der Waals surface area contributed by atoms with Gasteiger partial charge in [0.2, 0.25) is 0 Å². The Balaban J connectivity index is 2.57. The summed E-state index contributed by atoms with van der Waals surface area (Å²) in [4.78, 5) is 0. The highest BCUT2D eigenvalue weighted by atomic mass is 32.2. The maximum absolute atomic E-state index is 11.1. The van der Waals surface area contributed by atoms with E-state index in [0.717, 1.165) is 5.56 Å². The van der Waals surface area contributed by atoms with Crippen LogP contribution in [0, 0.1) is 0 Å². The van der Waals surface area contributed by atoms with E-state index in [4.69, 9.17) is 4.74 Å². The minimum atomic E-state index is -0.792. The number of hydrogen-bond acceptors (Lipinski definition) is 4. The van der Waals surface area contributed by atoms with Gasteiger partial charge < -0.3 is 15.2 Å². The average Bonchev–Trinajstić information content (AvgIpc) is 2.29. The van der Waals surface area contributed by atoms with Crippen LogP contribution in [-0.4, -0.2) is 34.0 Å². The molecule has 0 saturated heterocycles. The third-order valence-corrected chi connectivity index (χ3v) is 3.43. The summed E-state index contributed by atoms with van der Waals surface area (Å²) in [6.45, 7) is 5.07. The van der Waals surface area contributed by atoms with Gasteiger partial charge in [0.15, 0.2) is 11.5 Å². The zero-order valence-electron chi connectivity index (χ0n) is 11.1. The molecule has 2 unspecified atom stereocenters. The van der Waals surface area contributed by atoms with Gasteiger partial charge in [-0.3, -0.25) is 4.21 Å². The first-order valence-electron chi connectivity index (χ1n) is 6.01. The van der Waals surface area contributed by atoms with Crippen molar-refractivity contribution in [3.8, 4) is 11.5 Å². The number of rotatable bonds is 7. The number of benzene rings is 1. The quantitative estimate of drug-likeness (QED) is 0.791. The summed E-state index contributed by atoms with van der Waals surface area (Å²) in [6.07, 6.45) is 1.70. The first kappa shape index (κ1) is 15.0. The number of phenolic OH excluding ortho intramolecular Hbond substituents is 1. The van der Waals surface area contributed by atoms with Crippen molar-refractivity contribution in [2.75, 3.05) is 18.6 Å². The number of phenols is 1. The maximum Gasteiger partial charge on any atom is 0.161 e. The maximum atomic E-state index is 11.1. The molecule has 1 aromatic rings. The number of nitrogens with one attached hydrogen (secondary N) is 1. The molecule has 2 atom stereocenters. The third kappa shape index (κ3) is 5.06. The Morgan fingerprint density at radius 3 is 2.83 bits per heavy atom. The fourth-order valence-electron chi connectivity index (χ4n) is 1.64. The Morgan fingerprint density at radius 1 is 1.50 bits per heavy atom. The largest absolute Gasteiger partial charge is 0.504 e. The predicted molar refractivity (Wildman–Crippen MR) is 74.5 cm³/mol. The van der Waals surface area contributed by atoms with E-state index in [-0.39, 0.29) is 11.8 Å². The highest BCUT2D eigenvalue weighted by molar-refractivity contribution is 7.84. The van der Waals surface area contributed by atoms with Crippen molar-refractivity contribution < 1.29 is 14.1 Å². The van der Waals surface area contributed by atoms with Gasteiger partial charge in [-0.1, -0.05) is 6.07 Å². The molecule has 0 spiro atoms. The molecule has 0 aliphatic heterocycles. The van der Waals surface area contributed by atoms with Gasteiger partial charge in [-0.2, -0.15) is 0 Å². The summed E-state index contributed by atoms with van der Waals surface area (Å²) in [5.74, 6) is 1.29. The van der Waals surface area contributed by atoms with E-state index in [9.17, 15) is 9.32 Å². The van der Waals surface area contributed by atoms with E-state index in [2.05, 4.69) is 5.32 Å². The van der Waals surface area contributed by atoms with Crippen molar-refractivity contribution in [2.45, 2.75) is 26.4 Å². The Morgan fingerprint density at radius 2 is 2.22 bits per heavy atom. The van der Waals surface area contributed by atoms with Crippen molar-refractivity contribution in [3.63, 3.8) is 0 Å². The molecule has 1 rings (SSSR count). The van der Waals surface area contributed by atoms with E-state index < -0.39 is 10.8 Å². The van der Waals surface area contributed by atoms with Crippen LogP contribution in [0.2, 0.25) is 0 Å². The summed E-state index contributed by atoms with van der Waals surface area (Å²) < 4.78 is 16.4. The van der Waals surface area contributed by atoms with Gasteiger partial charge in [0, 0.05) is 35.4 Å². The van der Waals surface area contributed by atoms with E-state index in [0.29, 0.717) is 24.7 Å². The van der Waals surface area contributed by atoms with Gasteiger partial charge in [0.25, 0.3) is 0 Å². The minimum absolute atomic E-state index is 0.156. The topological polar surface area (TPSA) is 58.6 Å². The van der Waals surface area contributed by atoms with Crippen LogP contribution in [0.1, 0.15) is 19.4 Å². The molecule has 5 heteroatoms. The summed E-state index contributed by atoms with van der Waals surface area (Å²) in [5, 5.41) is 12.9. The number of aromatic hydroxyl groups is 1. The second-order valence-corrected chi connectivity index (χ2v) is 5.74. The van der Waals surface area contributed by atoms with Crippen LogP contribution < -0.4 is 10.1 Å². The fourth-order valence-corrected chi connectivity index (χ4v) is 2.46. The Kier molecular flexibility index (Phi) is 6.15. The van der Waals surface area contributed by atoms with Gasteiger partial charge >= 0.3 is 0 Å². The molecule has 0 fully saturated rings. The monoisotopic (exact) mass is 271 g/mol. The van der Waals surface area contributed by atoms with Gasteiger partial charge in [0.05, 0.1) is 6.61 Å². The van der Waals surface area contributed by atoms with Crippen LogP contribution in [0.5, 0.6) is 11.5 Å². The van der Waals surface area contributed by atoms with Crippen LogP contribution in [0.3, 0.4) is 0 Å². The van der Waals surface area contributed by atoms with Gasteiger partial charge in [0.1, 0.15) is 0 Å². The van der Waals surface area contributed by atoms with Crippen molar-refractivity contribution in [3.05, 3.63) is 23.8 Å². The lowest BCUT2D eigenvalue weighted by molar-refractivity contribution is 0.317. The van der Waals surface area contributed by atoms with E-state index >= 15 is 0 Å². The molecular formula is C13H21NO3S. The highest BCUT2D eigenvalue weighted by Crippen LogP contribution is 2.26. The third-order valence-electron chi connectivity index (χ3n) is 2.46. The number of ether oxygens (including phenoxy) is 1. The van der Waals surface area contributed by atoms with Crippen molar-refractivity contribution in [2.24, 2.45) is 0 Å². The zero-order chi connectivity index (χ0) is 13.5. The van der Waals surface area contributed by atoms with Crippen LogP contribution in [-0.2, 0) is 17.3 Å². The summed E-state index contributed by atoms with van der Waals surface area (Å²) in [6, 6.07) is 5.49. The Hall–Kier alpha value is -1.07. The molecule has 0 aliphatic rings. The van der Waals surface area contributed by atoms with Crippen molar-refractivity contribution in [1.82, 2.24) is 5.32 Å². The van der Waals surface area contributed by atoms with E-state index in [1.54, 1.807) is 12.3 Å². The average molecular weight is 271 g/mol. The van der Waals surface area contributed by atoms with Crippen molar-refractivity contribution in [1.29, 1.82) is 0 Å². The van der Waals surface area contributed by atoms with Gasteiger partial charge in [-0.15, -0.1) is 0 Å². The normalized spacial score (nSPS) is 14.2. The van der Waals surface area contributed by atoms with E-state index in [1.807, 2.05) is 26.0 Å². The molecular weight excluding hydrogens is 250 g/mol. The SMILES string of the molecule is CCOc1cc(CNC(C)CS(C)=O)ccc1O. The van der Waals surface area contributed by atoms with Crippen LogP contribution in [0.15, 0.2) is 18.2 Å². The molecule has 2 N–H and O–H groups in total. The fraction of sp³-hybridized carbons (Fsp3) is 0.538. The molecule has 0 saturated carbocycles. The van der Waals surface area contributed by atoms with Gasteiger partial charge in [-0.05, 0) is 31.5 Å². The highest BCUT2D eigenvalue weighted by Gasteiger charge is 2.06. The molecule has 0 bridgehead atoms.